The Bertz CT molecular complexity index is 807. The Labute approximate surface area is 131 Å². The molecular weight excluding hydrogens is 330 g/mol. The van der Waals surface area contributed by atoms with Crippen LogP contribution in [0, 0.1) is 0 Å². The van der Waals surface area contributed by atoms with Crippen molar-refractivity contribution in [1.82, 2.24) is 4.57 Å². The number of ketones is 1. The zero-order valence-electron chi connectivity index (χ0n) is 11.5. The van der Waals surface area contributed by atoms with Crippen molar-refractivity contribution in [3.8, 4) is 5.75 Å². The van der Waals surface area contributed by atoms with Crippen LogP contribution < -0.4 is 4.74 Å². The minimum absolute atomic E-state index is 0.0692. The molecule has 3 rings (SSSR count). The molecule has 3 nitrogen and oxygen atoms in total. The molecule has 1 aromatic heterocycles. The molecule has 21 heavy (non-hydrogen) atoms. The lowest BCUT2D eigenvalue weighted by molar-refractivity contribution is 0.0973. The zero-order valence-corrected chi connectivity index (χ0v) is 13.1. The summed E-state index contributed by atoms with van der Waals surface area (Å²) in [6, 6.07) is 15.4. The summed E-state index contributed by atoms with van der Waals surface area (Å²) in [6.45, 7) is 0.326. The van der Waals surface area contributed by atoms with Crippen LogP contribution in [0.3, 0.4) is 0 Å². The lowest BCUT2D eigenvalue weighted by Crippen LogP contribution is -2.09. The van der Waals surface area contributed by atoms with E-state index in [9.17, 15) is 4.79 Å². The van der Waals surface area contributed by atoms with Crippen molar-refractivity contribution < 1.29 is 9.53 Å². The molecule has 3 aromatic rings. The van der Waals surface area contributed by atoms with Gasteiger partial charge in [-0.3, -0.25) is 4.79 Å². The van der Waals surface area contributed by atoms with Crippen LogP contribution in [0.2, 0.25) is 0 Å². The van der Waals surface area contributed by atoms with Gasteiger partial charge in [-0.2, -0.15) is 0 Å². The van der Waals surface area contributed by atoms with Crippen molar-refractivity contribution in [1.29, 1.82) is 0 Å². The average molecular weight is 344 g/mol. The molecule has 2 aromatic carbocycles. The molecule has 0 aliphatic heterocycles. The number of methoxy groups -OCH3 is 1. The summed E-state index contributed by atoms with van der Waals surface area (Å²) in [5.41, 5.74) is 1.74. The molecule has 1 heterocycles. The molecule has 0 aliphatic carbocycles. The first kappa shape index (κ1) is 13.9. The topological polar surface area (TPSA) is 31.2 Å². The summed E-state index contributed by atoms with van der Waals surface area (Å²) >= 11 is 3.41. The maximum atomic E-state index is 12.4. The second kappa shape index (κ2) is 5.74. The lowest BCUT2D eigenvalue weighted by Gasteiger charge is -2.07. The standard InChI is InChI=1S/C17H14BrNO2/c1-21-17-7-6-13(10-14(17)18)16(20)11-19-9-8-12-4-2-3-5-15(12)19/h2-10H,11H2,1H3. The smallest absolute Gasteiger partial charge is 0.182 e. The predicted molar refractivity (Wildman–Crippen MR) is 87.0 cm³/mol. The summed E-state index contributed by atoms with van der Waals surface area (Å²) < 4.78 is 7.93. The number of Topliss-reactive ketones (excluding diaryl/α,β-unsaturated/α-hetero) is 1. The van der Waals surface area contributed by atoms with Gasteiger partial charge in [0.05, 0.1) is 18.1 Å². The molecule has 0 spiro atoms. The number of carbonyl (C=O) groups excluding carboxylic acids is 1. The van der Waals surface area contributed by atoms with Crippen LogP contribution in [0.1, 0.15) is 10.4 Å². The van der Waals surface area contributed by atoms with Gasteiger partial charge in [0, 0.05) is 17.3 Å². The van der Waals surface area contributed by atoms with Crippen molar-refractivity contribution >= 4 is 32.6 Å². The van der Waals surface area contributed by atoms with Crippen LogP contribution in [-0.2, 0) is 6.54 Å². The first-order valence-electron chi connectivity index (χ1n) is 6.59. The molecule has 0 radical (unpaired) electrons. The Balaban J connectivity index is 1.88. The molecular formula is C17H14BrNO2. The van der Waals surface area contributed by atoms with Crippen LogP contribution in [0.4, 0.5) is 0 Å². The van der Waals surface area contributed by atoms with Gasteiger partial charge >= 0.3 is 0 Å². The van der Waals surface area contributed by atoms with Crippen molar-refractivity contribution in [2.75, 3.05) is 7.11 Å². The molecule has 0 saturated heterocycles. The largest absolute Gasteiger partial charge is 0.496 e. The first-order valence-corrected chi connectivity index (χ1v) is 7.39. The van der Waals surface area contributed by atoms with Crippen LogP contribution in [0.5, 0.6) is 5.75 Å². The SMILES string of the molecule is COc1ccc(C(=O)Cn2ccc3ccccc32)cc1Br. The Hall–Kier alpha value is -2.07. The molecule has 0 bridgehead atoms. The number of para-hydroxylation sites is 1. The molecule has 106 valence electrons. The molecule has 4 heteroatoms. The molecule has 0 atom stereocenters. The minimum Gasteiger partial charge on any atom is -0.496 e. The van der Waals surface area contributed by atoms with Gasteiger partial charge in [0.25, 0.3) is 0 Å². The summed E-state index contributed by atoms with van der Waals surface area (Å²) in [5.74, 6) is 0.790. The highest BCUT2D eigenvalue weighted by atomic mass is 79.9. The maximum Gasteiger partial charge on any atom is 0.182 e. The predicted octanol–water partition coefficient (Wildman–Crippen LogP) is 4.30. The Morgan fingerprint density at radius 3 is 2.76 bits per heavy atom. The second-order valence-corrected chi connectivity index (χ2v) is 5.63. The van der Waals surface area contributed by atoms with Gasteiger partial charge in [-0.25, -0.2) is 0 Å². The monoisotopic (exact) mass is 343 g/mol. The number of fused-ring (bicyclic) bond motifs is 1. The van der Waals surface area contributed by atoms with E-state index in [1.165, 1.54) is 0 Å². The van der Waals surface area contributed by atoms with Gasteiger partial charge < -0.3 is 9.30 Å². The van der Waals surface area contributed by atoms with E-state index in [2.05, 4.69) is 15.9 Å². The molecule has 0 saturated carbocycles. The molecule has 0 amide bonds. The first-order chi connectivity index (χ1) is 10.2. The molecule has 0 aliphatic rings. The fraction of sp³-hybridized carbons (Fsp3) is 0.118. The summed E-state index contributed by atoms with van der Waals surface area (Å²) in [7, 11) is 1.60. The molecule has 0 N–H and O–H groups in total. The third-order valence-electron chi connectivity index (χ3n) is 3.47. The highest BCUT2D eigenvalue weighted by molar-refractivity contribution is 9.10. The number of aromatic nitrogens is 1. The van der Waals surface area contributed by atoms with Crippen LogP contribution in [0.15, 0.2) is 59.2 Å². The fourth-order valence-corrected chi connectivity index (χ4v) is 2.90. The van der Waals surface area contributed by atoms with E-state index >= 15 is 0 Å². The van der Waals surface area contributed by atoms with Gasteiger partial charge in [-0.05, 0) is 51.6 Å². The van der Waals surface area contributed by atoms with Crippen molar-refractivity contribution in [3.05, 3.63) is 64.8 Å². The number of benzene rings is 2. The third kappa shape index (κ3) is 2.72. The van der Waals surface area contributed by atoms with Gasteiger partial charge in [-0.15, -0.1) is 0 Å². The van der Waals surface area contributed by atoms with E-state index in [0.717, 1.165) is 21.1 Å². The van der Waals surface area contributed by atoms with Gasteiger partial charge in [0.1, 0.15) is 5.75 Å². The number of nitrogens with zero attached hydrogens (tertiary/aromatic N) is 1. The van der Waals surface area contributed by atoms with Crippen LogP contribution in [-0.4, -0.2) is 17.5 Å². The molecule has 0 unspecified atom stereocenters. The fourth-order valence-electron chi connectivity index (χ4n) is 2.36. The maximum absolute atomic E-state index is 12.4. The average Bonchev–Trinajstić information content (AvgIpc) is 2.90. The number of rotatable bonds is 4. The summed E-state index contributed by atoms with van der Waals surface area (Å²) in [6.07, 6.45) is 1.95. The number of halogens is 1. The number of hydrogen-bond acceptors (Lipinski definition) is 2. The third-order valence-corrected chi connectivity index (χ3v) is 4.09. The number of hydrogen-bond donors (Lipinski definition) is 0. The van der Waals surface area contributed by atoms with E-state index in [0.29, 0.717) is 12.1 Å². The van der Waals surface area contributed by atoms with E-state index in [4.69, 9.17) is 4.74 Å². The Kier molecular flexibility index (Phi) is 3.80. The van der Waals surface area contributed by atoms with Crippen LogP contribution in [0.25, 0.3) is 10.9 Å². The second-order valence-electron chi connectivity index (χ2n) is 4.77. The van der Waals surface area contributed by atoms with Crippen LogP contribution >= 0.6 is 15.9 Å². The molecule has 0 fully saturated rings. The van der Waals surface area contributed by atoms with E-state index in [-0.39, 0.29) is 5.78 Å². The summed E-state index contributed by atoms with van der Waals surface area (Å²) in [4.78, 5) is 12.4. The van der Waals surface area contributed by atoms with Gasteiger partial charge in [0.2, 0.25) is 0 Å². The Morgan fingerprint density at radius 1 is 1.19 bits per heavy atom. The highest BCUT2D eigenvalue weighted by Crippen LogP contribution is 2.26. The lowest BCUT2D eigenvalue weighted by atomic mass is 10.1. The quantitative estimate of drug-likeness (QED) is 0.661. The van der Waals surface area contributed by atoms with Crippen molar-refractivity contribution in [2.45, 2.75) is 6.54 Å². The van der Waals surface area contributed by atoms with Gasteiger partial charge in [-0.1, -0.05) is 18.2 Å². The summed E-state index contributed by atoms with van der Waals surface area (Å²) in [5, 5.41) is 1.14. The van der Waals surface area contributed by atoms with Crippen molar-refractivity contribution in [2.24, 2.45) is 0 Å². The van der Waals surface area contributed by atoms with Crippen molar-refractivity contribution in [3.63, 3.8) is 0 Å². The highest BCUT2D eigenvalue weighted by Gasteiger charge is 2.11. The van der Waals surface area contributed by atoms with E-state index in [1.807, 2.05) is 41.1 Å². The van der Waals surface area contributed by atoms with E-state index < -0.39 is 0 Å². The van der Waals surface area contributed by atoms with Gasteiger partial charge in [0.15, 0.2) is 5.78 Å². The number of carbonyl (C=O) groups is 1. The normalized spacial score (nSPS) is 10.8. The van der Waals surface area contributed by atoms with E-state index in [1.54, 1.807) is 25.3 Å². The zero-order chi connectivity index (χ0) is 14.8. The minimum atomic E-state index is 0.0692. The number of ether oxygens (including phenoxy) is 1. The Morgan fingerprint density at radius 2 is 2.00 bits per heavy atom.